The minimum atomic E-state index is -4.81. The maximum absolute atomic E-state index is 13.4. The molecule has 0 fully saturated rings. The number of amides is 2. The number of ether oxygens (including phenoxy) is 1. The number of aliphatic hydroxyl groups excluding tert-OH is 1. The summed E-state index contributed by atoms with van der Waals surface area (Å²) in [5, 5.41) is 17.2. The lowest BCUT2D eigenvalue weighted by Gasteiger charge is -2.09. The number of carbonyl (C=O) groups is 2. The van der Waals surface area contributed by atoms with Gasteiger partial charge in [0, 0.05) is 24.8 Å². The number of carbonyl (C=O) groups excluding carboxylic acids is 2. The quantitative estimate of drug-likeness (QED) is 0.424. The van der Waals surface area contributed by atoms with Gasteiger partial charge in [0.05, 0.1) is 17.9 Å². The molecule has 33 heavy (non-hydrogen) atoms. The van der Waals surface area contributed by atoms with Gasteiger partial charge in [-0.05, 0) is 36.4 Å². The number of para-hydroxylation sites is 1. The minimum Gasteiger partial charge on any atom is -0.491 e. The fourth-order valence-corrected chi connectivity index (χ4v) is 2.88. The summed E-state index contributed by atoms with van der Waals surface area (Å²) in [4.78, 5) is 24.6. The number of halogens is 3. The van der Waals surface area contributed by atoms with E-state index >= 15 is 0 Å². The predicted molar refractivity (Wildman–Crippen MR) is 112 cm³/mol. The Bertz CT molecular complexity index is 1080. The highest BCUT2D eigenvalue weighted by Crippen LogP contribution is 2.31. The van der Waals surface area contributed by atoms with Gasteiger partial charge in [0.1, 0.15) is 12.4 Å². The van der Waals surface area contributed by atoms with Crippen molar-refractivity contribution in [1.82, 2.24) is 20.4 Å². The van der Waals surface area contributed by atoms with Crippen LogP contribution in [0.3, 0.4) is 0 Å². The van der Waals surface area contributed by atoms with Gasteiger partial charge in [0.2, 0.25) is 0 Å². The molecule has 3 N–H and O–H groups in total. The van der Waals surface area contributed by atoms with Crippen molar-refractivity contribution in [2.24, 2.45) is 0 Å². The zero-order valence-corrected chi connectivity index (χ0v) is 17.3. The molecule has 1 heterocycles. The Kier molecular flexibility index (Phi) is 7.67. The third-order valence-corrected chi connectivity index (χ3v) is 4.42. The molecule has 0 aliphatic heterocycles. The van der Waals surface area contributed by atoms with Crippen LogP contribution in [-0.2, 0) is 6.18 Å². The fraction of sp³-hybridized carbons (Fsp3) is 0.227. The van der Waals surface area contributed by atoms with E-state index in [2.05, 4.69) is 15.7 Å². The number of hydrogen-bond donors (Lipinski definition) is 3. The summed E-state index contributed by atoms with van der Waals surface area (Å²) in [7, 11) is 0. The van der Waals surface area contributed by atoms with Crippen LogP contribution in [-0.4, -0.2) is 53.0 Å². The first-order valence-corrected chi connectivity index (χ1v) is 9.92. The van der Waals surface area contributed by atoms with Crippen molar-refractivity contribution >= 4 is 11.8 Å². The monoisotopic (exact) mass is 462 g/mol. The van der Waals surface area contributed by atoms with E-state index in [1.807, 2.05) is 0 Å². The first-order valence-electron chi connectivity index (χ1n) is 9.92. The zero-order chi connectivity index (χ0) is 23.8. The molecule has 0 aliphatic rings. The number of hydrogen-bond acceptors (Lipinski definition) is 5. The van der Waals surface area contributed by atoms with Crippen LogP contribution in [0.1, 0.15) is 26.4 Å². The molecular weight excluding hydrogens is 441 g/mol. The van der Waals surface area contributed by atoms with Crippen LogP contribution in [0, 0.1) is 0 Å². The maximum atomic E-state index is 13.4. The Morgan fingerprint density at radius 1 is 0.970 bits per heavy atom. The Balaban J connectivity index is 1.57. The molecule has 174 valence electrons. The number of nitrogens with one attached hydrogen (secondary N) is 2. The van der Waals surface area contributed by atoms with Crippen LogP contribution in [0.15, 0.2) is 60.8 Å². The molecule has 2 amide bonds. The van der Waals surface area contributed by atoms with E-state index < -0.39 is 29.2 Å². The zero-order valence-electron chi connectivity index (χ0n) is 17.3. The third-order valence-electron chi connectivity index (χ3n) is 4.42. The van der Waals surface area contributed by atoms with Gasteiger partial charge in [-0.3, -0.25) is 9.59 Å². The highest BCUT2D eigenvalue weighted by molar-refractivity contribution is 5.96. The summed E-state index contributed by atoms with van der Waals surface area (Å²) in [6, 6.07) is 14.3. The third kappa shape index (κ3) is 6.32. The first kappa shape index (κ1) is 23.8. The molecule has 0 unspecified atom stereocenters. The minimum absolute atomic E-state index is 0.00150. The summed E-state index contributed by atoms with van der Waals surface area (Å²) in [5.41, 5.74) is -1.20. The van der Waals surface area contributed by atoms with E-state index in [1.54, 1.807) is 42.5 Å². The van der Waals surface area contributed by atoms with E-state index in [9.17, 15) is 22.8 Å². The molecule has 1 aromatic heterocycles. The smallest absolute Gasteiger partial charge is 0.435 e. The lowest BCUT2D eigenvalue weighted by Crippen LogP contribution is -2.35. The number of aliphatic hydroxyl groups is 1. The van der Waals surface area contributed by atoms with Crippen molar-refractivity contribution in [3.05, 3.63) is 77.6 Å². The Morgan fingerprint density at radius 3 is 2.21 bits per heavy atom. The van der Waals surface area contributed by atoms with Crippen LogP contribution in [0.4, 0.5) is 13.2 Å². The molecule has 8 nitrogen and oxygen atoms in total. The van der Waals surface area contributed by atoms with Gasteiger partial charge in [0.25, 0.3) is 11.8 Å². The molecule has 0 bridgehead atoms. The highest BCUT2D eigenvalue weighted by Gasteiger charge is 2.39. The lowest BCUT2D eigenvalue weighted by molar-refractivity contribution is -0.141. The second-order valence-corrected chi connectivity index (χ2v) is 6.78. The van der Waals surface area contributed by atoms with Crippen molar-refractivity contribution in [2.45, 2.75) is 6.18 Å². The van der Waals surface area contributed by atoms with E-state index in [4.69, 9.17) is 9.84 Å². The summed E-state index contributed by atoms with van der Waals surface area (Å²) in [6.07, 6.45) is -3.79. The molecule has 2 aromatic carbocycles. The van der Waals surface area contributed by atoms with Crippen molar-refractivity contribution < 1.29 is 32.6 Å². The van der Waals surface area contributed by atoms with Crippen LogP contribution in [0.25, 0.3) is 5.69 Å². The van der Waals surface area contributed by atoms with Crippen LogP contribution < -0.4 is 15.4 Å². The molecule has 0 saturated carbocycles. The largest absolute Gasteiger partial charge is 0.491 e. The van der Waals surface area contributed by atoms with Crippen molar-refractivity contribution in [1.29, 1.82) is 0 Å². The van der Waals surface area contributed by atoms with Gasteiger partial charge in [-0.2, -0.15) is 18.3 Å². The average molecular weight is 462 g/mol. The Labute approximate surface area is 187 Å². The second kappa shape index (κ2) is 10.6. The SMILES string of the molecule is O=C(NCCNC(=O)c1cn(-c2ccccc2)nc1C(F)(F)F)c1ccc(OCCO)cc1. The molecular formula is C22H21F3N4O4. The summed E-state index contributed by atoms with van der Waals surface area (Å²) >= 11 is 0. The van der Waals surface area contributed by atoms with Gasteiger partial charge in [-0.25, -0.2) is 4.68 Å². The van der Waals surface area contributed by atoms with Crippen molar-refractivity contribution in [3.63, 3.8) is 0 Å². The van der Waals surface area contributed by atoms with Crippen LogP contribution in [0.2, 0.25) is 0 Å². The van der Waals surface area contributed by atoms with Gasteiger partial charge >= 0.3 is 6.18 Å². The summed E-state index contributed by atoms with van der Waals surface area (Å²) in [5.74, 6) is -0.889. The van der Waals surface area contributed by atoms with Crippen LogP contribution in [0.5, 0.6) is 5.75 Å². The maximum Gasteiger partial charge on any atom is 0.435 e. The van der Waals surface area contributed by atoms with E-state index in [0.717, 1.165) is 10.9 Å². The van der Waals surface area contributed by atoms with E-state index in [0.29, 0.717) is 17.0 Å². The van der Waals surface area contributed by atoms with E-state index in [1.165, 1.54) is 12.1 Å². The number of rotatable bonds is 9. The highest BCUT2D eigenvalue weighted by atomic mass is 19.4. The topological polar surface area (TPSA) is 105 Å². The van der Waals surface area contributed by atoms with Gasteiger partial charge < -0.3 is 20.5 Å². The molecule has 0 spiro atoms. The van der Waals surface area contributed by atoms with Gasteiger partial charge in [-0.15, -0.1) is 0 Å². The fourth-order valence-electron chi connectivity index (χ4n) is 2.88. The van der Waals surface area contributed by atoms with Crippen molar-refractivity contribution in [3.8, 4) is 11.4 Å². The molecule has 0 saturated heterocycles. The molecule has 11 heteroatoms. The Hall–Kier alpha value is -3.86. The second-order valence-electron chi connectivity index (χ2n) is 6.78. The number of nitrogens with zero attached hydrogens (tertiary/aromatic N) is 2. The molecule has 0 radical (unpaired) electrons. The summed E-state index contributed by atoms with van der Waals surface area (Å²) in [6.45, 7) is -0.0887. The lowest BCUT2D eigenvalue weighted by atomic mass is 10.2. The predicted octanol–water partition coefficient (Wildman–Crippen LogP) is 2.42. The average Bonchev–Trinajstić information content (AvgIpc) is 3.28. The number of aromatic nitrogens is 2. The number of benzene rings is 2. The van der Waals surface area contributed by atoms with E-state index in [-0.39, 0.29) is 26.3 Å². The van der Waals surface area contributed by atoms with Gasteiger partial charge in [0.15, 0.2) is 5.69 Å². The standard InChI is InChI=1S/C22H21F3N4O4/c23-22(24,25)19-18(14-29(28-19)16-4-2-1-3-5-16)21(32)27-11-10-26-20(31)15-6-8-17(9-7-15)33-13-12-30/h1-9,14,30H,10-13H2,(H,26,31)(H,27,32). The van der Waals surface area contributed by atoms with Gasteiger partial charge in [-0.1, -0.05) is 18.2 Å². The molecule has 3 rings (SSSR count). The molecule has 3 aromatic rings. The summed E-state index contributed by atoms with van der Waals surface area (Å²) < 4.78 is 46.3. The molecule has 0 atom stereocenters. The normalized spacial score (nSPS) is 11.2. The van der Waals surface area contributed by atoms with Crippen molar-refractivity contribution in [2.75, 3.05) is 26.3 Å². The molecule has 0 aliphatic carbocycles. The number of alkyl halides is 3. The first-order chi connectivity index (χ1) is 15.8. The Morgan fingerprint density at radius 2 is 1.61 bits per heavy atom. The van der Waals surface area contributed by atoms with Crippen LogP contribution >= 0.6 is 0 Å².